The molecule has 1 fully saturated rings. The van der Waals surface area contributed by atoms with Crippen LogP contribution in [0.2, 0.25) is 0 Å². The summed E-state index contributed by atoms with van der Waals surface area (Å²) in [4.78, 5) is 11.4. The average Bonchev–Trinajstić information content (AvgIpc) is 2.61. The fourth-order valence-electron chi connectivity index (χ4n) is 1.20. The lowest BCUT2D eigenvalue weighted by Gasteiger charge is -2.26. The van der Waals surface area contributed by atoms with Gasteiger partial charge in [-0.2, -0.15) is 0 Å². The van der Waals surface area contributed by atoms with Gasteiger partial charge in [0.15, 0.2) is 0 Å². The molecular weight excluding hydrogens is 246 g/mol. The zero-order valence-corrected chi connectivity index (χ0v) is 11.5. The van der Waals surface area contributed by atoms with Gasteiger partial charge in [0.1, 0.15) is 5.60 Å². The summed E-state index contributed by atoms with van der Waals surface area (Å²) in [5, 5.41) is 12.1. The maximum Gasteiger partial charge on any atom is 0.407 e. The molecule has 16 heavy (non-hydrogen) atoms. The maximum absolute atomic E-state index is 11.4. The van der Waals surface area contributed by atoms with Crippen molar-refractivity contribution >= 4 is 27.7 Å². The number of rotatable bonds is 3. The molecule has 0 aromatic heterocycles. The predicted octanol–water partition coefficient (Wildman–Crippen LogP) is 1.88. The van der Waals surface area contributed by atoms with Gasteiger partial charge in [-0.15, -0.1) is 0 Å². The van der Waals surface area contributed by atoms with E-state index in [2.05, 4.69) is 5.32 Å². The second-order valence-electron chi connectivity index (χ2n) is 5.04. The topological polar surface area (TPSA) is 58.6 Å². The van der Waals surface area contributed by atoms with E-state index in [0.717, 1.165) is 11.5 Å². The third-order valence-electron chi connectivity index (χ3n) is 2.16. The van der Waals surface area contributed by atoms with Crippen LogP contribution in [0.1, 0.15) is 20.8 Å². The minimum absolute atomic E-state index is 0.1000. The van der Waals surface area contributed by atoms with Crippen LogP contribution in [0, 0.1) is 5.41 Å². The number of aliphatic hydroxyl groups excluding tert-OH is 1. The molecule has 0 radical (unpaired) electrons. The average molecular weight is 265 g/mol. The third kappa shape index (κ3) is 4.43. The number of aliphatic hydroxyl groups is 1. The van der Waals surface area contributed by atoms with Gasteiger partial charge in [0.25, 0.3) is 0 Å². The van der Waals surface area contributed by atoms with E-state index in [4.69, 9.17) is 4.74 Å². The predicted molar refractivity (Wildman–Crippen MR) is 68.7 cm³/mol. The van der Waals surface area contributed by atoms with Gasteiger partial charge >= 0.3 is 6.09 Å². The van der Waals surface area contributed by atoms with Crippen LogP contribution in [-0.2, 0) is 4.74 Å². The quantitative estimate of drug-likeness (QED) is 0.763. The number of alkyl carbamates (subject to hydrolysis) is 1. The normalized spacial score (nSPS) is 19.5. The molecule has 0 unspecified atom stereocenters. The molecule has 2 N–H and O–H groups in total. The van der Waals surface area contributed by atoms with Gasteiger partial charge in [0.2, 0.25) is 0 Å². The van der Waals surface area contributed by atoms with E-state index in [-0.39, 0.29) is 12.0 Å². The summed E-state index contributed by atoms with van der Waals surface area (Å²) < 4.78 is 5.14. The summed E-state index contributed by atoms with van der Waals surface area (Å²) in [7, 11) is 3.47. The van der Waals surface area contributed by atoms with Crippen LogP contribution in [0.4, 0.5) is 4.79 Å². The fourth-order valence-corrected chi connectivity index (χ4v) is 4.58. The second-order valence-corrected chi connectivity index (χ2v) is 7.50. The molecule has 0 bridgehead atoms. The number of ether oxygens (including phenoxy) is 1. The molecule has 1 aliphatic rings. The Hall–Kier alpha value is -0.0700. The maximum atomic E-state index is 11.4. The van der Waals surface area contributed by atoms with Gasteiger partial charge in [-0.3, -0.25) is 0 Å². The molecule has 0 saturated carbocycles. The first-order valence-electron chi connectivity index (χ1n) is 5.19. The molecule has 4 nitrogen and oxygen atoms in total. The number of amides is 1. The first-order chi connectivity index (χ1) is 7.37. The second kappa shape index (κ2) is 5.51. The molecule has 1 amide bonds. The summed E-state index contributed by atoms with van der Waals surface area (Å²) in [6, 6.07) is 0. The first kappa shape index (κ1) is 14.0. The largest absolute Gasteiger partial charge is 0.444 e. The Morgan fingerprint density at radius 1 is 1.44 bits per heavy atom. The highest BCUT2D eigenvalue weighted by Crippen LogP contribution is 2.42. The lowest BCUT2D eigenvalue weighted by molar-refractivity contribution is 0.0493. The Morgan fingerprint density at radius 2 is 2.00 bits per heavy atom. The van der Waals surface area contributed by atoms with Gasteiger partial charge in [0, 0.05) is 23.5 Å². The number of carbonyl (C=O) groups is 1. The van der Waals surface area contributed by atoms with Crippen molar-refractivity contribution in [3.8, 4) is 0 Å². The number of carbonyl (C=O) groups excluding carboxylic acids is 1. The summed E-state index contributed by atoms with van der Waals surface area (Å²) in [6.07, 6.45) is -0.415. The summed E-state index contributed by atoms with van der Waals surface area (Å²) in [6.45, 7) is 6.06. The highest BCUT2D eigenvalue weighted by Gasteiger charge is 2.35. The molecule has 0 aromatic rings. The summed E-state index contributed by atoms with van der Waals surface area (Å²) in [5.74, 6) is 1.73. The van der Waals surface area contributed by atoms with Crippen molar-refractivity contribution in [2.45, 2.75) is 26.4 Å². The zero-order valence-electron chi connectivity index (χ0n) is 9.91. The SMILES string of the molecule is CC(C)(C)OC(=O)NCC1(CO)CSSC1. The molecule has 6 heteroatoms. The Morgan fingerprint density at radius 3 is 2.44 bits per heavy atom. The molecule has 1 saturated heterocycles. The van der Waals surface area contributed by atoms with Gasteiger partial charge in [-0.25, -0.2) is 4.79 Å². The highest BCUT2D eigenvalue weighted by molar-refractivity contribution is 8.77. The van der Waals surface area contributed by atoms with Crippen molar-refractivity contribution in [3.05, 3.63) is 0 Å². The number of hydrogen-bond donors (Lipinski definition) is 2. The van der Waals surface area contributed by atoms with Gasteiger partial charge < -0.3 is 15.2 Å². The van der Waals surface area contributed by atoms with Crippen molar-refractivity contribution in [2.75, 3.05) is 24.7 Å². The Kier molecular flexibility index (Phi) is 4.82. The Bertz CT molecular complexity index is 247. The van der Waals surface area contributed by atoms with Crippen molar-refractivity contribution < 1.29 is 14.6 Å². The van der Waals surface area contributed by atoms with Crippen molar-refractivity contribution in [1.82, 2.24) is 5.32 Å². The van der Waals surface area contributed by atoms with Crippen LogP contribution in [0.3, 0.4) is 0 Å². The monoisotopic (exact) mass is 265 g/mol. The lowest BCUT2D eigenvalue weighted by Crippen LogP contribution is -2.43. The van der Waals surface area contributed by atoms with E-state index in [1.54, 1.807) is 21.6 Å². The van der Waals surface area contributed by atoms with Crippen LogP contribution >= 0.6 is 21.6 Å². The molecular formula is C10H19NO3S2. The van der Waals surface area contributed by atoms with Gasteiger partial charge in [-0.05, 0) is 20.8 Å². The minimum Gasteiger partial charge on any atom is -0.444 e. The van der Waals surface area contributed by atoms with Crippen LogP contribution in [-0.4, -0.2) is 41.5 Å². The van der Waals surface area contributed by atoms with E-state index >= 15 is 0 Å². The van der Waals surface area contributed by atoms with Gasteiger partial charge in [0.05, 0.1) is 6.61 Å². The molecule has 0 aliphatic carbocycles. The Labute approximate surface area is 104 Å². The van der Waals surface area contributed by atoms with Crippen LogP contribution in [0.15, 0.2) is 0 Å². The zero-order chi connectivity index (χ0) is 12.2. The fraction of sp³-hybridized carbons (Fsp3) is 0.900. The van der Waals surface area contributed by atoms with Crippen LogP contribution < -0.4 is 5.32 Å². The van der Waals surface area contributed by atoms with E-state index in [0.29, 0.717) is 6.54 Å². The van der Waals surface area contributed by atoms with Crippen molar-refractivity contribution in [1.29, 1.82) is 0 Å². The minimum atomic E-state index is -0.477. The van der Waals surface area contributed by atoms with E-state index in [1.165, 1.54) is 0 Å². The molecule has 94 valence electrons. The van der Waals surface area contributed by atoms with Crippen molar-refractivity contribution in [2.24, 2.45) is 5.41 Å². The summed E-state index contributed by atoms with van der Waals surface area (Å²) >= 11 is 0. The Balaban J connectivity index is 2.35. The van der Waals surface area contributed by atoms with Crippen LogP contribution in [0.5, 0.6) is 0 Å². The molecule has 1 heterocycles. The van der Waals surface area contributed by atoms with Gasteiger partial charge in [-0.1, -0.05) is 21.6 Å². The number of nitrogens with one attached hydrogen (secondary N) is 1. The molecule has 1 rings (SSSR count). The summed E-state index contributed by atoms with van der Waals surface area (Å²) in [5.41, 5.74) is -0.665. The van der Waals surface area contributed by atoms with E-state index in [1.807, 2.05) is 20.8 Å². The van der Waals surface area contributed by atoms with Crippen molar-refractivity contribution in [3.63, 3.8) is 0 Å². The molecule has 1 aliphatic heterocycles. The molecule has 0 spiro atoms. The van der Waals surface area contributed by atoms with E-state index in [9.17, 15) is 9.90 Å². The highest BCUT2D eigenvalue weighted by atomic mass is 33.1. The smallest absolute Gasteiger partial charge is 0.407 e. The number of hydrogen-bond acceptors (Lipinski definition) is 5. The lowest BCUT2D eigenvalue weighted by atomic mass is 9.94. The third-order valence-corrected chi connectivity index (χ3v) is 4.99. The van der Waals surface area contributed by atoms with E-state index < -0.39 is 11.7 Å². The standard InChI is InChI=1S/C10H19NO3S2/c1-9(2,3)14-8(13)11-4-10(5-12)6-15-16-7-10/h12H,4-7H2,1-3H3,(H,11,13). The first-order valence-corrected chi connectivity index (χ1v) is 7.68. The molecule has 0 atom stereocenters. The van der Waals surface area contributed by atoms with Crippen LogP contribution in [0.25, 0.3) is 0 Å². The molecule has 0 aromatic carbocycles.